The highest BCUT2D eigenvalue weighted by molar-refractivity contribution is 7.17. The Morgan fingerprint density at radius 1 is 1.17 bits per heavy atom. The van der Waals surface area contributed by atoms with Gasteiger partial charge in [-0.25, -0.2) is 0 Å². The van der Waals surface area contributed by atoms with Crippen molar-refractivity contribution in [2.75, 3.05) is 13.2 Å². The summed E-state index contributed by atoms with van der Waals surface area (Å²) in [7, 11) is 0. The second-order valence-corrected chi connectivity index (χ2v) is 6.20. The number of carbonyl (C=O) groups excluding carboxylic acids is 2. The summed E-state index contributed by atoms with van der Waals surface area (Å²) in [5.41, 5.74) is 6.09. The Morgan fingerprint density at radius 3 is 2.65 bits per heavy atom. The third-order valence-electron chi connectivity index (χ3n) is 3.43. The molecule has 2 aromatic rings. The predicted molar refractivity (Wildman–Crippen MR) is 86.9 cm³/mol. The van der Waals surface area contributed by atoms with Crippen molar-refractivity contribution in [3.63, 3.8) is 0 Å². The first-order valence-electron chi connectivity index (χ1n) is 7.14. The number of fused-ring (bicyclic) bond motifs is 1. The molecule has 3 N–H and O–H groups in total. The van der Waals surface area contributed by atoms with Crippen LogP contribution in [0.25, 0.3) is 10.4 Å². The number of ether oxygens (including phenoxy) is 2. The van der Waals surface area contributed by atoms with Crippen LogP contribution < -0.4 is 20.5 Å². The number of primary amides is 1. The molecule has 23 heavy (non-hydrogen) atoms. The minimum atomic E-state index is -0.706. The lowest BCUT2D eigenvalue weighted by Crippen LogP contribution is -2.41. The quantitative estimate of drug-likeness (QED) is 0.893. The monoisotopic (exact) mass is 332 g/mol. The van der Waals surface area contributed by atoms with Crippen LogP contribution in [0.15, 0.2) is 30.3 Å². The molecule has 1 unspecified atom stereocenters. The first kappa shape index (κ1) is 15.4. The van der Waals surface area contributed by atoms with Crippen molar-refractivity contribution in [2.45, 2.75) is 13.0 Å². The smallest absolute Gasteiger partial charge is 0.262 e. The number of rotatable bonds is 4. The fourth-order valence-electron chi connectivity index (χ4n) is 2.15. The number of carbonyl (C=O) groups is 2. The van der Waals surface area contributed by atoms with Crippen molar-refractivity contribution in [3.8, 4) is 21.9 Å². The Hall–Kier alpha value is -2.54. The van der Waals surface area contributed by atoms with Gasteiger partial charge in [0.05, 0.1) is 4.88 Å². The molecule has 2 heterocycles. The molecule has 0 fully saturated rings. The second-order valence-electron chi connectivity index (χ2n) is 5.12. The van der Waals surface area contributed by atoms with E-state index < -0.39 is 11.9 Å². The molecule has 3 rings (SSSR count). The van der Waals surface area contributed by atoms with Crippen molar-refractivity contribution < 1.29 is 19.1 Å². The van der Waals surface area contributed by atoms with Gasteiger partial charge in [0.25, 0.3) is 5.91 Å². The molecule has 1 aliphatic rings. The minimum absolute atomic E-state index is 0.315. The van der Waals surface area contributed by atoms with Crippen LogP contribution in [0.2, 0.25) is 0 Å². The summed E-state index contributed by atoms with van der Waals surface area (Å²) in [6.45, 7) is 2.63. The van der Waals surface area contributed by atoms with Crippen LogP contribution in [0.3, 0.4) is 0 Å². The summed E-state index contributed by atoms with van der Waals surface area (Å²) < 4.78 is 11.1. The Kier molecular flexibility index (Phi) is 4.20. The van der Waals surface area contributed by atoms with Gasteiger partial charge >= 0.3 is 0 Å². The van der Waals surface area contributed by atoms with Gasteiger partial charge in [-0.2, -0.15) is 0 Å². The first-order chi connectivity index (χ1) is 11.0. The molecule has 0 spiro atoms. The van der Waals surface area contributed by atoms with Crippen LogP contribution in [-0.4, -0.2) is 31.1 Å². The van der Waals surface area contributed by atoms with E-state index >= 15 is 0 Å². The molecule has 1 atom stereocenters. The average Bonchev–Trinajstić information content (AvgIpc) is 3.04. The van der Waals surface area contributed by atoms with Crippen molar-refractivity contribution in [1.82, 2.24) is 5.32 Å². The van der Waals surface area contributed by atoms with E-state index in [-0.39, 0.29) is 5.91 Å². The number of nitrogens with two attached hydrogens (primary N) is 1. The zero-order valence-electron chi connectivity index (χ0n) is 12.5. The zero-order valence-corrected chi connectivity index (χ0v) is 13.3. The van der Waals surface area contributed by atoms with Crippen LogP contribution in [0, 0.1) is 0 Å². The van der Waals surface area contributed by atoms with E-state index in [0.29, 0.717) is 23.8 Å². The molecule has 2 amide bonds. The summed E-state index contributed by atoms with van der Waals surface area (Å²) in [6.07, 6.45) is 0. The van der Waals surface area contributed by atoms with E-state index in [1.54, 1.807) is 13.0 Å². The maximum absolute atomic E-state index is 12.1. The normalized spacial score (nSPS) is 14.1. The average molecular weight is 332 g/mol. The van der Waals surface area contributed by atoms with Crippen molar-refractivity contribution >= 4 is 23.2 Å². The molecule has 0 bridgehead atoms. The third-order valence-corrected chi connectivity index (χ3v) is 4.56. The molecule has 0 saturated heterocycles. The van der Waals surface area contributed by atoms with Gasteiger partial charge in [0, 0.05) is 4.88 Å². The zero-order chi connectivity index (χ0) is 16.4. The molecule has 0 aliphatic carbocycles. The summed E-state index contributed by atoms with van der Waals surface area (Å²) in [6, 6.07) is 8.56. The number of thiophene rings is 1. The standard InChI is InChI=1S/C16H16N2O4S/c1-9(15(17)19)18-16(20)14-5-4-13(23-14)10-2-3-11-12(8-10)22-7-6-21-11/h2-5,8-9H,6-7H2,1H3,(H2,17,19)(H,18,20). The van der Waals surface area contributed by atoms with Crippen LogP contribution in [0.4, 0.5) is 0 Å². The van der Waals surface area contributed by atoms with Gasteiger partial charge in [0.1, 0.15) is 19.3 Å². The van der Waals surface area contributed by atoms with Gasteiger partial charge < -0.3 is 20.5 Å². The second kappa shape index (κ2) is 6.29. The molecular weight excluding hydrogens is 316 g/mol. The van der Waals surface area contributed by atoms with Crippen molar-refractivity contribution in [2.24, 2.45) is 5.73 Å². The summed E-state index contributed by atoms with van der Waals surface area (Å²) >= 11 is 1.34. The van der Waals surface area contributed by atoms with E-state index in [0.717, 1.165) is 16.2 Å². The van der Waals surface area contributed by atoms with Crippen molar-refractivity contribution in [1.29, 1.82) is 0 Å². The highest BCUT2D eigenvalue weighted by Gasteiger charge is 2.17. The van der Waals surface area contributed by atoms with Gasteiger partial charge in [-0.3, -0.25) is 9.59 Å². The van der Waals surface area contributed by atoms with Gasteiger partial charge in [-0.15, -0.1) is 11.3 Å². The van der Waals surface area contributed by atoms with Gasteiger partial charge in [-0.1, -0.05) is 0 Å². The maximum Gasteiger partial charge on any atom is 0.262 e. The van der Waals surface area contributed by atoms with E-state index in [1.807, 2.05) is 24.3 Å². The van der Waals surface area contributed by atoms with E-state index in [1.165, 1.54) is 11.3 Å². The first-order valence-corrected chi connectivity index (χ1v) is 7.96. The van der Waals surface area contributed by atoms with Gasteiger partial charge in [0.15, 0.2) is 11.5 Å². The molecule has 120 valence electrons. The number of hydrogen-bond acceptors (Lipinski definition) is 5. The fraction of sp³-hybridized carbons (Fsp3) is 0.250. The highest BCUT2D eigenvalue weighted by atomic mass is 32.1. The molecule has 6 nitrogen and oxygen atoms in total. The number of hydrogen-bond donors (Lipinski definition) is 2. The van der Waals surface area contributed by atoms with Gasteiger partial charge in [-0.05, 0) is 42.8 Å². The molecule has 1 aliphatic heterocycles. The molecule has 0 radical (unpaired) electrons. The summed E-state index contributed by atoms with van der Waals surface area (Å²) in [5.74, 6) is 0.548. The fourth-order valence-corrected chi connectivity index (χ4v) is 3.06. The lowest BCUT2D eigenvalue weighted by Gasteiger charge is -2.18. The van der Waals surface area contributed by atoms with Crippen molar-refractivity contribution in [3.05, 3.63) is 35.2 Å². The number of benzene rings is 1. The maximum atomic E-state index is 12.1. The molecular formula is C16H16N2O4S. The van der Waals surface area contributed by atoms with Crippen LogP contribution in [0.5, 0.6) is 11.5 Å². The minimum Gasteiger partial charge on any atom is -0.486 e. The molecule has 1 aromatic heterocycles. The number of nitrogens with one attached hydrogen (secondary N) is 1. The lowest BCUT2D eigenvalue weighted by molar-refractivity contribution is -0.119. The highest BCUT2D eigenvalue weighted by Crippen LogP contribution is 2.36. The third kappa shape index (κ3) is 3.29. The van der Waals surface area contributed by atoms with Crippen LogP contribution in [0.1, 0.15) is 16.6 Å². The van der Waals surface area contributed by atoms with E-state index in [2.05, 4.69) is 5.32 Å². The van der Waals surface area contributed by atoms with E-state index in [9.17, 15) is 9.59 Å². The predicted octanol–water partition coefficient (Wildman–Crippen LogP) is 1.79. The Balaban J connectivity index is 1.79. The number of amides is 2. The Morgan fingerprint density at radius 2 is 1.91 bits per heavy atom. The lowest BCUT2D eigenvalue weighted by atomic mass is 10.1. The SMILES string of the molecule is CC(NC(=O)c1ccc(-c2ccc3c(c2)OCCO3)s1)C(N)=O. The van der Waals surface area contributed by atoms with Gasteiger partial charge in [0.2, 0.25) is 5.91 Å². The molecule has 1 aromatic carbocycles. The Bertz CT molecular complexity index is 756. The van der Waals surface area contributed by atoms with E-state index in [4.69, 9.17) is 15.2 Å². The summed E-state index contributed by atoms with van der Waals surface area (Å²) in [5, 5.41) is 2.56. The summed E-state index contributed by atoms with van der Waals surface area (Å²) in [4.78, 5) is 24.5. The van der Waals surface area contributed by atoms with Crippen LogP contribution in [-0.2, 0) is 4.79 Å². The molecule has 7 heteroatoms. The topological polar surface area (TPSA) is 90.7 Å². The molecule has 0 saturated carbocycles. The van der Waals surface area contributed by atoms with Crippen LogP contribution >= 0.6 is 11.3 Å². The Labute approximate surface area is 137 Å². The largest absolute Gasteiger partial charge is 0.486 e.